The summed E-state index contributed by atoms with van der Waals surface area (Å²) in [4.78, 5) is 24.6. The van der Waals surface area contributed by atoms with E-state index in [1.165, 1.54) is 347 Å². The Morgan fingerprint density at radius 3 is 0.792 bits per heavy atom. The number of rotatable bonds is 68. The first-order valence-electron chi connectivity index (χ1n) is 35.8. The van der Waals surface area contributed by atoms with Gasteiger partial charge in [-0.3, -0.25) is 9.59 Å². The summed E-state index contributed by atoms with van der Waals surface area (Å²) in [6.07, 6.45) is 81.5. The van der Waals surface area contributed by atoms with E-state index >= 15 is 0 Å². The number of hydrogen-bond donors (Lipinski definition) is 3. The third kappa shape index (κ3) is 63.9. The van der Waals surface area contributed by atoms with Gasteiger partial charge in [-0.1, -0.05) is 380 Å². The van der Waals surface area contributed by atoms with E-state index in [9.17, 15) is 19.8 Å². The molecule has 0 heterocycles. The molecule has 3 N–H and O–H groups in total. The van der Waals surface area contributed by atoms with E-state index in [4.69, 9.17) is 4.74 Å². The van der Waals surface area contributed by atoms with Crippen molar-refractivity contribution in [3.8, 4) is 0 Å². The van der Waals surface area contributed by atoms with Crippen LogP contribution in [0.4, 0.5) is 0 Å². The van der Waals surface area contributed by atoms with Gasteiger partial charge in [-0.15, -0.1) is 0 Å². The fourth-order valence-corrected chi connectivity index (χ4v) is 11.7. The van der Waals surface area contributed by atoms with Crippen LogP contribution in [0.15, 0.2) is 0 Å². The van der Waals surface area contributed by atoms with Gasteiger partial charge in [0.25, 0.3) is 0 Å². The molecule has 0 aromatic carbocycles. The fraction of sp³-hybridized carbons (Fsp3) is 0.972. The predicted molar refractivity (Wildman–Crippen MR) is 338 cm³/mol. The zero-order valence-corrected chi connectivity index (χ0v) is 52.7. The first-order chi connectivity index (χ1) is 38.0. The number of carbonyl (C=O) groups is 2. The first-order valence-corrected chi connectivity index (χ1v) is 35.8. The Balaban J connectivity index is 3.33. The lowest BCUT2D eigenvalue weighted by molar-refractivity contribution is -0.143. The standard InChI is InChI=1S/C71H141NO5/c1-3-5-7-9-11-13-15-17-19-21-32-35-39-43-47-51-55-59-63-69(74)68(67-73)72-70(75)64-60-56-52-48-44-40-36-33-30-28-26-24-22-23-25-27-29-31-34-38-42-46-50-54-58-62-66-77-71(76)65-61-57-53-49-45-41-37-20-18-16-14-12-10-8-6-4-2/h68-69,73-74H,3-67H2,1-2H3,(H,72,75). The van der Waals surface area contributed by atoms with Gasteiger partial charge in [0.05, 0.1) is 25.4 Å². The second kappa shape index (κ2) is 67.4. The quantitative estimate of drug-likeness (QED) is 0.0417. The van der Waals surface area contributed by atoms with Gasteiger partial charge in [0.15, 0.2) is 0 Å². The second-order valence-corrected chi connectivity index (χ2v) is 24.9. The molecule has 0 aliphatic heterocycles. The number of unbranched alkanes of at least 4 members (excludes halogenated alkanes) is 57. The van der Waals surface area contributed by atoms with Crippen molar-refractivity contribution in [2.75, 3.05) is 13.2 Å². The Kier molecular flexibility index (Phi) is 66.4. The topological polar surface area (TPSA) is 95.9 Å². The van der Waals surface area contributed by atoms with Gasteiger partial charge >= 0.3 is 5.97 Å². The van der Waals surface area contributed by atoms with Crippen LogP contribution < -0.4 is 5.32 Å². The van der Waals surface area contributed by atoms with E-state index in [0.717, 1.165) is 38.5 Å². The van der Waals surface area contributed by atoms with Crippen LogP contribution in [0, 0.1) is 0 Å². The fourth-order valence-electron chi connectivity index (χ4n) is 11.7. The number of hydrogen-bond acceptors (Lipinski definition) is 5. The van der Waals surface area contributed by atoms with Crippen LogP contribution in [0.2, 0.25) is 0 Å². The lowest BCUT2D eigenvalue weighted by Crippen LogP contribution is -2.45. The van der Waals surface area contributed by atoms with E-state index in [1.807, 2.05) is 0 Å². The molecule has 0 saturated heterocycles. The molecule has 0 bridgehead atoms. The van der Waals surface area contributed by atoms with Crippen molar-refractivity contribution < 1.29 is 24.5 Å². The van der Waals surface area contributed by atoms with Crippen LogP contribution in [-0.4, -0.2) is 47.4 Å². The van der Waals surface area contributed by atoms with Crippen LogP contribution >= 0.6 is 0 Å². The van der Waals surface area contributed by atoms with Crippen LogP contribution in [0.3, 0.4) is 0 Å². The molecule has 6 nitrogen and oxygen atoms in total. The van der Waals surface area contributed by atoms with Crippen LogP contribution in [0.25, 0.3) is 0 Å². The molecule has 0 fully saturated rings. The Morgan fingerprint density at radius 1 is 0.312 bits per heavy atom. The number of aliphatic hydroxyl groups excluding tert-OH is 2. The number of ether oxygens (including phenoxy) is 1. The van der Waals surface area contributed by atoms with Gasteiger partial charge in [0.2, 0.25) is 5.91 Å². The summed E-state index contributed by atoms with van der Waals surface area (Å²) in [6, 6.07) is -0.539. The van der Waals surface area contributed by atoms with E-state index in [1.54, 1.807) is 0 Å². The molecule has 1 amide bonds. The van der Waals surface area contributed by atoms with Crippen LogP contribution in [0.1, 0.15) is 418 Å². The zero-order valence-electron chi connectivity index (χ0n) is 52.7. The molecule has 77 heavy (non-hydrogen) atoms. The summed E-state index contributed by atoms with van der Waals surface area (Å²) < 4.78 is 5.51. The van der Waals surface area contributed by atoms with E-state index in [2.05, 4.69) is 19.2 Å². The highest BCUT2D eigenvalue weighted by Crippen LogP contribution is 2.20. The van der Waals surface area contributed by atoms with Gasteiger partial charge in [0, 0.05) is 12.8 Å². The van der Waals surface area contributed by atoms with Gasteiger partial charge in [-0.25, -0.2) is 0 Å². The number of amides is 1. The highest BCUT2D eigenvalue weighted by molar-refractivity contribution is 5.76. The second-order valence-electron chi connectivity index (χ2n) is 24.9. The zero-order chi connectivity index (χ0) is 55.7. The maximum absolute atomic E-state index is 12.5. The Hall–Kier alpha value is -1.14. The smallest absolute Gasteiger partial charge is 0.305 e. The van der Waals surface area contributed by atoms with Crippen molar-refractivity contribution in [2.24, 2.45) is 0 Å². The molecule has 2 unspecified atom stereocenters. The summed E-state index contributed by atoms with van der Waals surface area (Å²) in [5.41, 5.74) is 0. The molecule has 0 aliphatic rings. The highest BCUT2D eigenvalue weighted by Gasteiger charge is 2.20. The van der Waals surface area contributed by atoms with Gasteiger partial charge in [-0.2, -0.15) is 0 Å². The maximum Gasteiger partial charge on any atom is 0.305 e. The normalized spacial score (nSPS) is 12.4. The molecule has 6 heteroatoms. The summed E-state index contributed by atoms with van der Waals surface area (Å²) in [7, 11) is 0. The molecule has 0 radical (unpaired) electrons. The largest absolute Gasteiger partial charge is 0.466 e. The highest BCUT2D eigenvalue weighted by atomic mass is 16.5. The predicted octanol–water partition coefficient (Wildman–Crippen LogP) is 23.0. The lowest BCUT2D eigenvalue weighted by atomic mass is 10.0. The average Bonchev–Trinajstić information content (AvgIpc) is 3.43. The average molecular weight is 1090 g/mol. The van der Waals surface area contributed by atoms with Gasteiger partial charge in [-0.05, 0) is 25.7 Å². The lowest BCUT2D eigenvalue weighted by Gasteiger charge is -2.22. The Bertz CT molecular complexity index is 1120. The molecule has 0 aromatic heterocycles. The van der Waals surface area contributed by atoms with Crippen molar-refractivity contribution in [2.45, 2.75) is 431 Å². The Labute approximate surface area is 483 Å². The monoisotopic (exact) mass is 1090 g/mol. The maximum atomic E-state index is 12.5. The Morgan fingerprint density at radius 2 is 0.532 bits per heavy atom. The van der Waals surface area contributed by atoms with Crippen molar-refractivity contribution in [1.29, 1.82) is 0 Å². The minimum atomic E-state index is -0.662. The van der Waals surface area contributed by atoms with E-state index < -0.39 is 12.1 Å². The van der Waals surface area contributed by atoms with Gasteiger partial charge < -0.3 is 20.3 Å². The molecule has 0 aromatic rings. The number of aliphatic hydroxyl groups is 2. The van der Waals surface area contributed by atoms with Crippen LogP contribution in [-0.2, 0) is 14.3 Å². The van der Waals surface area contributed by atoms with Crippen molar-refractivity contribution in [3.05, 3.63) is 0 Å². The minimum absolute atomic E-state index is 0.0222. The van der Waals surface area contributed by atoms with Crippen molar-refractivity contribution >= 4 is 11.9 Å². The van der Waals surface area contributed by atoms with Crippen LogP contribution in [0.5, 0.6) is 0 Å². The summed E-state index contributed by atoms with van der Waals surface area (Å²) >= 11 is 0. The van der Waals surface area contributed by atoms with E-state index in [0.29, 0.717) is 25.9 Å². The molecule has 0 aliphatic carbocycles. The van der Waals surface area contributed by atoms with Crippen molar-refractivity contribution in [3.63, 3.8) is 0 Å². The molecule has 460 valence electrons. The number of esters is 1. The first kappa shape index (κ1) is 75.9. The summed E-state index contributed by atoms with van der Waals surface area (Å²) in [6.45, 7) is 5.01. The summed E-state index contributed by atoms with van der Waals surface area (Å²) in [5, 5.41) is 23.4. The SMILES string of the molecule is CCCCCCCCCCCCCCCCCCCCC(O)C(CO)NC(=O)CCCCCCCCCCCCCCCCCCCCCCCCCCCCOC(=O)CCCCCCCCCCCCCCCCCC. The molecule has 0 saturated carbocycles. The number of nitrogens with one attached hydrogen (secondary N) is 1. The minimum Gasteiger partial charge on any atom is -0.466 e. The third-order valence-electron chi connectivity index (χ3n) is 17.2. The number of carbonyl (C=O) groups excluding carboxylic acids is 2. The van der Waals surface area contributed by atoms with Crippen molar-refractivity contribution in [1.82, 2.24) is 5.32 Å². The molecular weight excluding hydrogens is 947 g/mol. The summed E-state index contributed by atoms with van der Waals surface area (Å²) in [5.74, 6) is -0.00569. The van der Waals surface area contributed by atoms with E-state index in [-0.39, 0.29) is 18.5 Å². The molecule has 2 atom stereocenters. The molecular formula is C71H141NO5. The third-order valence-corrected chi connectivity index (χ3v) is 17.2. The molecule has 0 spiro atoms. The van der Waals surface area contributed by atoms with Gasteiger partial charge in [0.1, 0.15) is 0 Å². The molecule has 0 rings (SSSR count).